The Morgan fingerprint density at radius 1 is 0.919 bits per heavy atom. The quantitative estimate of drug-likeness (QED) is 0.313. The van der Waals surface area contributed by atoms with Crippen LogP contribution in [0.15, 0.2) is 36.5 Å². The first-order valence-corrected chi connectivity index (χ1v) is 14.2. The van der Waals surface area contributed by atoms with Crippen LogP contribution in [-0.2, 0) is 17.6 Å². The van der Waals surface area contributed by atoms with Crippen molar-refractivity contribution in [2.45, 2.75) is 107 Å². The van der Waals surface area contributed by atoms with E-state index in [1.807, 2.05) is 32.9 Å². The number of halogens is 1. The van der Waals surface area contributed by atoms with Crippen LogP contribution in [0.5, 0.6) is 5.75 Å². The van der Waals surface area contributed by atoms with Crippen molar-refractivity contribution < 1.29 is 14.3 Å². The fourth-order valence-corrected chi connectivity index (χ4v) is 3.77. The average molecular weight is 520 g/mol. The van der Waals surface area contributed by atoms with E-state index in [2.05, 4.69) is 44.5 Å². The molecule has 2 aromatic rings. The van der Waals surface area contributed by atoms with Gasteiger partial charge in [0.05, 0.1) is 0 Å². The lowest BCUT2D eigenvalue weighted by Crippen LogP contribution is -2.37. The predicted molar refractivity (Wildman–Crippen MR) is 157 cm³/mol. The molecule has 6 heteroatoms. The zero-order valence-electron chi connectivity index (χ0n) is 24.8. The van der Waals surface area contributed by atoms with Gasteiger partial charge in [-0.15, -0.1) is 0 Å². The van der Waals surface area contributed by atoms with E-state index >= 15 is 0 Å². The summed E-state index contributed by atoms with van der Waals surface area (Å²) in [4.78, 5) is 18.3. The Balaban J connectivity index is 0. The van der Waals surface area contributed by atoms with Crippen LogP contribution in [0.4, 0.5) is 10.2 Å². The number of carbonyl (C=O) groups is 1. The molecule has 0 aliphatic heterocycles. The summed E-state index contributed by atoms with van der Waals surface area (Å²) < 4.78 is 12.3. The topological polar surface area (TPSA) is 79.5 Å². The van der Waals surface area contributed by atoms with Gasteiger partial charge in [-0.1, -0.05) is 74.3 Å². The van der Waals surface area contributed by atoms with Gasteiger partial charge in [-0.05, 0) is 67.9 Å². The van der Waals surface area contributed by atoms with Crippen LogP contribution >= 0.6 is 0 Å². The molecule has 0 saturated heterocycles. The van der Waals surface area contributed by atoms with Crippen molar-refractivity contribution >= 4 is 11.7 Å². The Kier molecular flexibility index (Phi) is 23.4. The predicted octanol–water partition coefficient (Wildman–Crippen LogP) is 8.20. The first kappa shape index (κ1) is 36.5. The molecule has 3 N–H and O–H groups in total. The number of carbonyl (C=O) groups excluding carboxylic acids is 1. The highest BCUT2D eigenvalue weighted by Crippen LogP contribution is 2.18. The Morgan fingerprint density at radius 2 is 1.49 bits per heavy atom. The number of nitrogens with two attached hydrogens (primary N) is 1. The number of nitrogen functional groups attached to an aromatic ring is 1. The number of hydrogen-bond acceptors (Lipinski definition) is 4. The van der Waals surface area contributed by atoms with Gasteiger partial charge < -0.3 is 15.7 Å². The molecule has 0 radical (unpaired) electrons. The van der Waals surface area contributed by atoms with Crippen LogP contribution in [0.1, 0.15) is 105 Å². The summed E-state index contributed by atoms with van der Waals surface area (Å²) in [5.41, 5.74) is 7.44. The summed E-state index contributed by atoms with van der Waals surface area (Å²) in [6.45, 7) is 18.5. The average Bonchev–Trinajstić information content (AvgIpc) is 2.90. The van der Waals surface area contributed by atoms with Crippen molar-refractivity contribution in [3.63, 3.8) is 0 Å². The number of phenolic OH excluding ortho intramolecular Hbond substituents is 1. The molecule has 0 aliphatic carbocycles. The highest BCUT2D eigenvalue weighted by Gasteiger charge is 2.21. The summed E-state index contributed by atoms with van der Waals surface area (Å²) >= 11 is 0. The van der Waals surface area contributed by atoms with E-state index < -0.39 is 5.82 Å². The van der Waals surface area contributed by atoms with Crippen LogP contribution < -0.4 is 5.73 Å². The number of benzene rings is 1. The molecule has 0 fully saturated rings. The van der Waals surface area contributed by atoms with Crippen molar-refractivity contribution in [1.29, 1.82) is 0 Å². The maximum absolute atomic E-state index is 12.3. The van der Waals surface area contributed by atoms with Gasteiger partial charge in [-0.25, -0.2) is 9.37 Å². The van der Waals surface area contributed by atoms with Gasteiger partial charge in [0, 0.05) is 31.3 Å². The van der Waals surface area contributed by atoms with Crippen LogP contribution in [0, 0.1) is 11.7 Å². The molecular formula is C31H54FN3O2. The summed E-state index contributed by atoms with van der Waals surface area (Å²) in [5.74, 6) is 0.923. The second-order valence-corrected chi connectivity index (χ2v) is 8.67. The number of aryl methyl sites for hydroxylation is 2. The molecule has 5 nitrogen and oxygen atoms in total. The molecule has 0 spiro atoms. The maximum atomic E-state index is 12.3. The number of phenols is 1. The van der Waals surface area contributed by atoms with Crippen molar-refractivity contribution in [3.05, 3.63) is 53.5 Å². The van der Waals surface area contributed by atoms with Gasteiger partial charge in [0.25, 0.3) is 0 Å². The van der Waals surface area contributed by atoms with Crippen molar-refractivity contribution in [2.24, 2.45) is 5.92 Å². The lowest BCUT2D eigenvalue weighted by atomic mass is 9.96. The van der Waals surface area contributed by atoms with Gasteiger partial charge >= 0.3 is 0 Å². The molecule has 2 rings (SSSR count). The summed E-state index contributed by atoms with van der Waals surface area (Å²) in [5, 5.41) is 9.05. The summed E-state index contributed by atoms with van der Waals surface area (Å²) in [6.07, 6.45) is 9.94. The Morgan fingerprint density at radius 3 is 1.86 bits per heavy atom. The van der Waals surface area contributed by atoms with Crippen molar-refractivity contribution in [2.75, 3.05) is 18.8 Å². The molecule has 1 heterocycles. The third-order valence-electron chi connectivity index (χ3n) is 5.60. The number of aromatic hydroxyl groups is 1. The molecule has 0 bridgehead atoms. The van der Waals surface area contributed by atoms with Crippen LogP contribution in [0.3, 0.4) is 0 Å². The number of anilines is 1. The van der Waals surface area contributed by atoms with E-state index in [0.717, 1.165) is 76.1 Å². The lowest BCUT2D eigenvalue weighted by Gasteiger charge is -2.26. The first-order valence-electron chi connectivity index (χ1n) is 14.2. The minimum atomic E-state index is -0.394. The van der Waals surface area contributed by atoms with Crippen molar-refractivity contribution in [3.8, 4) is 5.75 Å². The SMILES string of the molecule is CC.CCCC(CCC)C(=O)N(CCC)CCC.CCc1ccc(F)cc1O.CCc1ccnc(N)c1. The Labute approximate surface area is 226 Å². The maximum Gasteiger partial charge on any atom is 0.225 e. The first-order chi connectivity index (χ1) is 17.8. The van der Waals surface area contributed by atoms with Crippen LogP contribution in [0.25, 0.3) is 0 Å². The normalized spacial score (nSPS) is 9.78. The van der Waals surface area contributed by atoms with Gasteiger partial charge in [0.1, 0.15) is 17.4 Å². The fraction of sp³-hybridized carbons (Fsp3) is 0.613. The molecule has 1 aromatic heterocycles. The number of hydrogen-bond donors (Lipinski definition) is 2. The standard InChI is InChI=1S/C14H29NO.C8H9FO.C7H10N2.C2H6/c1-5-9-13(10-6-2)14(16)15(11-7-3)12-8-4;1-2-6-3-4-7(9)5-8(6)10;1-2-6-3-4-9-7(8)5-6;1-2/h13H,5-12H2,1-4H3;3-5,10H,2H2,1H3;3-5H,2H2,1H3,(H2,8,9);1-2H3. The number of aromatic nitrogens is 1. The molecule has 0 atom stereocenters. The highest BCUT2D eigenvalue weighted by molar-refractivity contribution is 5.78. The monoisotopic (exact) mass is 519 g/mol. The lowest BCUT2D eigenvalue weighted by molar-refractivity contribution is -0.136. The highest BCUT2D eigenvalue weighted by atomic mass is 19.1. The van der Waals surface area contributed by atoms with E-state index in [1.165, 1.54) is 11.6 Å². The van der Waals surface area contributed by atoms with E-state index in [0.29, 0.717) is 11.7 Å². The third-order valence-corrected chi connectivity index (χ3v) is 5.60. The Bertz CT molecular complexity index is 800. The molecule has 37 heavy (non-hydrogen) atoms. The van der Waals surface area contributed by atoms with E-state index in [-0.39, 0.29) is 11.7 Å². The second-order valence-electron chi connectivity index (χ2n) is 8.67. The van der Waals surface area contributed by atoms with Gasteiger partial charge in [0.2, 0.25) is 5.91 Å². The molecule has 0 unspecified atom stereocenters. The van der Waals surface area contributed by atoms with Gasteiger partial charge in [0.15, 0.2) is 0 Å². The zero-order valence-corrected chi connectivity index (χ0v) is 24.8. The molecule has 1 amide bonds. The van der Waals surface area contributed by atoms with E-state index in [9.17, 15) is 9.18 Å². The van der Waals surface area contributed by atoms with E-state index in [1.54, 1.807) is 12.3 Å². The Hall–Kier alpha value is -2.63. The largest absolute Gasteiger partial charge is 0.508 e. The molecule has 0 saturated carbocycles. The number of nitrogens with zero attached hydrogens (tertiary/aromatic N) is 2. The number of rotatable bonds is 11. The fourth-order valence-electron chi connectivity index (χ4n) is 3.77. The van der Waals surface area contributed by atoms with Crippen molar-refractivity contribution in [1.82, 2.24) is 9.88 Å². The molecule has 212 valence electrons. The molecular weight excluding hydrogens is 465 g/mol. The second kappa shape index (κ2) is 23.7. The molecule has 1 aromatic carbocycles. The van der Waals surface area contributed by atoms with Gasteiger partial charge in [-0.3, -0.25) is 4.79 Å². The molecule has 0 aliphatic rings. The third kappa shape index (κ3) is 16.7. The smallest absolute Gasteiger partial charge is 0.225 e. The minimum absolute atomic E-state index is 0.0440. The van der Waals surface area contributed by atoms with Crippen LogP contribution in [-0.4, -0.2) is 34.0 Å². The van der Waals surface area contributed by atoms with Crippen LogP contribution in [0.2, 0.25) is 0 Å². The zero-order chi connectivity index (χ0) is 28.6. The minimum Gasteiger partial charge on any atom is -0.508 e. The van der Waals surface area contributed by atoms with E-state index in [4.69, 9.17) is 10.8 Å². The summed E-state index contributed by atoms with van der Waals surface area (Å²) in [7, 11) is 0. The number of amides is 1. The van der Waals surface area contributed by atoms with Gasteiger partial charge in [-0.2, -0.15) is 0 Å². The summed E-state index contributed by atoms with van der Waals surface area (Å²) in [6, 6.07) is 7.92. The number of pyridine rings is 1.